The Hall–Kier alpha value is -4.59. The fourth-order valence-electron chi connectivity index (χ4n) is 4.25. The maximum absolute atomic E-state index is 13.3. The van der Waals surface area contributed by atoms with Crippen molar-refractivity contribution in [1.82, 2.24) is 20.4 Å². The molecule has 0 spiro atoms. The maximum atomic E-state index is 13.3. The smallest absolute Gasteiger partial charge is 0.322 e. The van der Waals surface area contributed by atoms with Gasteiger partial charge in [-0.25, -0.2) is 4.79 Å². The Morgan fingerprint density at radius 2 is 1.56 bits per heavy atom. The standard InChI is InChI=1S/C28H26N4O4/c1-18-24(27-30-26(31-36-27)21-11-15-23(35-3)16-12-21)25(20-7-5-4-6-8-20)29-28(33)32(18)17-19-9-13-22(34-2)14-10-19/h4-16,25H,17H2,1-3H3,(H,29,33). The molecule has 1 aliphatic rings. The summed E-state index contributed by atoms with van der Waals surface area (Å²) in [5, 5.41) is 7.35. The Kier molecular flexibility index (Phi) is 6.40. The highest BCUT2D eigenvalue weighted by Gasteiger charge is 2.35. The number of allylic oxidation sites excluding steroid dienone is 1. The third-order valence-corrected chi connectivity index (χ3v) is 6.23. The molecule has 8 heteroatoms. The number of nitrogens with zero attached hydrogens (tertiary/aromatic N) is 3. The van der Waals surface area contributed by atoms with Gasteiger partial charge in [0.2, 0.25) is 5.82 Å². The van der Waals surface area contributed by atoms with E-state index in [1.54, 1.807) is 19.1 Å². The van der Waals surface area contributed by atoms with Crippen molar-refractivity contribution in [1.29, 1.82) is 0 Å². The lowest BCUT2D eigenvalue weighted by molar-refractivity contribution is 0.203. The summed E-state index contributed by atoms with van der Waals surface area (Å²) in [7, 11) is 3.25. The van der Waals surface area contributed by atoms with Crippen molar-refractivity contribution in [2.75, 3.05) is 14.2 Å². The molecule has 5 rings (SSSR count). The second-order valence-electron chi connectivity index (χ2n) is 8.38. The predicted molar refractivity (Wildman–Crippen MR) is 135 cm³/mol. The van der Waals surface area contributed by atoms with Gasteiger partial charge in [-0.05, 0) is 54.4 Å². The molecule has 1 N–H and O–H groups in total. The van der Waals surface area contributed by atoms with Crippen LogP contribution in [0.5, 0.6) is 11.5 Å². The van der Waals surface area contributed by atoms with Crippen LogP contribution >= 0.6 is 0 Å². The summed E-state index contributed by atoms with van der Waals surface area (Å²) in [4.78, 5) is 19.6. The first-order valence-corrected chi connectivity index (χ1v) is 11.5. The van der Waals surface area contributed by atoms with E-state index in [1.165, 1.54) is 0 Å². The van der Waals surface area contributed by atoms with E-state index in [2.05, 4.69) is 10.5 Å². The molecule has 4 aromatic rings. The number of amides is 2. The largest absolute Gasteiger partial charge is 0.497 e. The summed E-state index contributed by atoms with van der Waals surface area (Å²) in [6.07, 6.45) is 0. The monoisotopic (exact) mass is 482 g/mol. The summed E-state index contributed by atoms with van der Waals surface area (Å²) < 4.78 is 16.3. The maximum Gasteiger partial charge on any atom is 0.322 e. The summed E-state index contributed by atoms with van der Waals surface area (Å²) in [5.74, 6) is 2.32. The average Bonchev–Trinajstić information content (AvgIpc) is 3.41. The van der Waals surface area contributed by atoms with Crippen LogP contribution in [-0.2, 0) is 6.54 Å². The number of ether oxygens (including phenoxy) is 2. The molecule has 0 saturated carbocycles. The molecule has 0 saturated heterocycles. The summed E-state index contributed by atoms with van der Waals surface area (Å²) in [5.41, 5.74) is 4.19. The van der Waals surface area contributed by atoms with Crippen LogP contribution < -0.4 is 14.8 Å². The molecule has 0 radical (unpaired) electrons. The van der Waals surface area contributed by atoms with Gasteiger partial charge in [0.15, 0.2) is 0 Å². The number of rotatable bonds is 7. The molecular formula is C28H26N4O4. The third-order valence-electron chi connectivity index (χ3n) is 6.23. The van der Waals surface area contributed by atoms with Crippen molar-refractivity contribution in [3.63, 3.8) is 0 Å². The number of aromatic nitrogens is 2. The predicted octanol–water partition coefficient (Wildman–Crippen LogP) is 5.45. The zero-order valence-electron chi connectivity index (χ0n) is 20.3. The van der Waals surface area contributed by atoms with Crippen LogP contribution in [0.1, 0.15) is 30.0 Å². The minimum atomic E-state index is -0.435. The second-order valence-corrected chi connectivity index (χ2v) is 8.38. The van der Waals surface area contributed by atoms with Crippen molar-refractivity contribution in [3.05, 3.63) is 102 Å². The molecule has 1 aromatic heterocycles. The number of urea groups is 1. The minimum absolute atomic E-state index is 0.198. The molecule has 0 bridgehead atoms. The molecule has 1 atom stereocenters. The number of hydrogen-bond acceptors (Lipinski definition) is 6. The van der Waals surface area contributed by atoms with Gasteiger partial charge >= 0.3 is 6.03 Å². The van der Waals surface area contributed by atoms with Gasteiger partial charge in [0.1, 0.15) is 11.5 Å². The van der Waals surface area contributed by atoms with E-state index >= 15 is 0 Å². The van der Waals surface area contributed by atoms with E-state index < -0.39 is 6.04 Å². The summed E-state index contributed by atoms with van der Waals surface area (Å²) >= 11 is 0. The molecule has 0 aliphatic carbocycles. The van der Waals surface area contributed by atoms with Crippen LogP contribution in [0.2, 0.25) is 0 Å². The Balaban J connectivity index is 1.55. The molecule has 182 valence electrons. The minimum Gasteiger partial charge on any atom is -0.497 e. The molecule has 2 amide bonds. The molecule has 8 nitrogen and oxygen atoms in total. The highest BCUT2D eigenvalue weighted by Crippen LogP contribution is 2.38. The zero-order valence-corrected chi connectivity index (χ0v) is 20.3. The van der Waals surface area contributed by atoms with Gasteiger partial charge in [-0.2, -0.15) is 4.98 Å². The molecule has 1 aliphatic heterocycles. The van der Waals surface area contributed by atoms with Gasteiger partial charge in [-0.1, -0.05) is 47.6 Å². The Bertz CT molecular complexity index is 1380. The fraction of sp³-hybridized carbons (Fsp3) is 0.179. The van der Waals surface area contributed by atoms with Gasteiger partial charge in [-0.15, -0.1) is 0 Å². The first-order valence-electron chi connectivity index (χ1n) is 11.5. The van der Waals surface area contributed by atoms with Gasteiger partial charge in [0.25, 0.3) is 5.89 Å². The van der Waals surface area contributed by atoms with E-state index in [0.29, 0.717) is 18.3 Å². The third kappa shape index (κ3) is 4.53. The Morgan fingerprint density at radius 1 is 0.917 bits per heavy atom. The number of benzene rings is 3. The SMILES string of the molecule is COc1ccc(CN2C(=O)NC(c3ccccc3)C(c3nc(-c4ccc(OC)cc4)no3)=C2C)cc1. The lowest BCUT2D eigenvalue weighted by Gasteiger charge is -2.35. The first-order chi connectivity index (χ1) is 17.6. The van der Waals surface area contributed by atoms with Crippen molar-refractivity contribution < 1.29 is 18.8 Å². The van der Waals surface area contributed by atoms with Crippen molar-refractivity contribution in [2.45, 2.75) is 19.5 Å². The van der Waals surface area contributed by atoms with E-state index in [1.807, 2.05) is 85.8 Å². The Morgan fingerprint density at radius 3 is 2.19 bits per heavy atom. The summed E-state index contributed by atoms with van der Waals surface area (Å²) in [6.45, 7) is 2.29. The van der Waals surface area contributed by atoms with Crippen molar-refractivity contribution in [2.24, 2.45) is 0 Å². The quantitative estimate of drug-likeness (QED) is 0.377. The van der Waals surface area contributed by atoms with Crippen LogP contribution in [0.25, 0.3) is 17.0 Å². The van der Waals surface area contributed by atoms with Crippen molar-refractivity contribution in [3.8, 4) is 22.9 Å². The number of carbonyl (C=O) groups is 1. The zero-order chi connectivity index (χ0) is 25.1. The van der Waals surface area contributed by atoms with Crippen LogP contribution in [0, 0.1) is 0 Å². The van der Waals surface area contributed by atoms with E-state index in [0.717, 1.165) is 39.5 Å². The molecule has 36 heavy (non-hydrogen) atoms. The van der Waals surface area contributed by atoms with Gasteiger partial charge in [-0.3, -0.25) is 4.90 Å². The highest BCUT2D eigenvalue weighted by molar-refractivity contribution is 5.86. The van der Waals surface area contributed by atoms with E-state index in [4.69, 9.17) is 19.0 Å². The normalized spacial score (nSPS) is 15.6. The Labute approximate surface area is 209 Å². The fourth-order valence-corrected chi connectivity index (χ4v) is 4.25. The topological polar surface area (TPSA) is 89.7 Å². The van der Waals surface area contributed by atoms with E-state index in [-0.39, 0.29) is 6.03 Å². The first kappa shape index (κ1) is 23.2. The van der Waals surface area contributed by atoms with Crippen LogP contribution in [0.15, 0.2) is 89.1 Å². The molecule has 2 heterocycles. The number of hydrogen-bond donors (Lipinski definition) is 1. The number of nitrogens with one attached hydrogen (secondary N) is 1. The van der Waals surface area contributed by atoms with Gasteiger partial charge in [0, 0.05) is 11.3 Å². The number of methoxy groups -OCH3 is 2. The average molecular weight is 483 g/mol. The van der Waals surface area contributed by atoms with Gasteiger partial charge < -0.3 is 19.3 Å². The summed E-state index contributed by atoms with van der Waals surface area (Å²) in [6, 6.07) is 24.2. The van der Waals surface area contributed by atoms with E-state index in [9.17, 15) is 4.79 Å². The molecule has 0 fully saturated rings. The van der Waals surface area contributed by atoms with Gasteiger partial charge in [0.05, 0.1) is 32.4 Å². The van der Waals surface area contributed by atoms with Crippen molar-refractivity contribution >= 4 is 11.6 Å². The molecule has 3 aromatic carbocycles. The van der Waals surface area contributed by atoms with Crippen LogP contribution in [-0.4, -0.2) is 35.3 Å². The highest BCUT2D eigenvalue weighted by atomic mass is 16.5. The molecular weight excluding hydrogens is 456 g/mol. The van der Waals surface area contributed by atoms with Crippen LogP contribution in [0.4, 0.5) is 4.79 Å². The molecule has 1 unspecified atom stereocenters. The second kappa shape index (κ2) is 9.95. The van der Waals surface area contributed by atoms with Crippen LogP contribution in [0.3, 0.4) is 0 Å². The lowest BCUT2D eigenvalue weighted by atomic mass is 9.94. The number of carbonyl (C=O) groups excluding carboxylic acids is 1. The lowest BCUT2D eigenvalue weighted by Crippen LogP contribution is -2.45.